The average Bonchev–Trinajstić information content (AvgIpc) is 2.47. The van der Waals surface area contributed by atoms with E-state index in [2.05, 4.69) is 11.2 Å². The van der Waals surface area contributed by atoms with Crippen LogP contribution in [0.15, 0.2) is 47.6 Å². The normalized spacial score (nSPS) is 14.6. The lowest BCUT2D eigenvalue weighted by Crippen LogP contribution is -2.80. The SMILES string of the molecule is CN(CC1=CC=C(C#N)CC1)[NH+]=Cc1ccc(N)cc1. The Morgan fingerprint density at radius 2 is 2.05 bits per heavy atom. The van der Waals surface area contributed by atoms with Crippen molar-refractivity contribution >= 4 is 11.9 Å². The topological polar surface area (TPSA) is 67.0 Å². The van der Waals surface area contributed by atoms with E-state index in [0.717, 1.165) is 36.2 Å². The maximum absolute atomic E-state index is 8.80. The molecule has 0 bridgehead atoms. The van der Waals surface area contributed by atoms with Gasteiger partial charge in [0, 0.05) is 16.8 Å². The summed E-state index contributed by atoms with van der Waals surface area (Å²) in [6.45, 7) is 0.834. The Morgan fingerprint density at radius 3 is 2.65 bits per heavy atom. The molecule has 1 aliphatic carbocycles. The molecule has 2 rings (SSSR count). The Labute approximate surface area is 119 Å². The summed E-state index contributed by atoms with van der Waals surface area (Å²) in [5.41, 5.74) is 9.68. The summed E-state index contributed by atoms with van der Waals surface area (Å²) >= 11 is 0. The average molecular weight is 267 g/mol. The maximum Gasteiger partial charge on any atom is 0.198 e. The van der Waals surface area contributed by atoms with Gasteiger partial charge in [0.25, 0.3) is 0 Å². The van der Waals surface area contributed by atoms with E-state index in [4.69, 9.17) is 11.0 Å². The summed E-state index contributed by atoms with van der Waals surface area (Å²) in [6, 6.07) is 9.90. The van der Waals surface area contributed by atoms with E-state index in [0.29, 0.717) is 0 Å². The number of nitrogens with two attached hydrogens (primary N) is 1. The molecule has 0 unspecified atom stereocenters. The molecule has 1 aromatic carbocycles. The number of likely N-dealkylation sites (N-methyl/N-ethyl adjacent to an activating group) is 1. The lowest BCUT2D eigenvalue weighted by atomic mass is 9.99. The summed E-state index contributed by atoms with van der Waals surface area (Å²) in [4.78, 5) is 0. The predicted octanol–water partition coefficient (Wildman–Crippen LogP) is 0.785. The fourth-order valence-corrected chi connectivity index (χ4v) is 2.03. The molecule has 102 valence electrons. The Hall–Kier alpha value is -2.54. The molecule has 0 amide bonds. The largest absolute Gasteiger partial charge is 0.399 e. The van der Waals surface area contributed by atoms with Crippen molar-refractivity contribution in [2.24, 2.45) is 0 Å². The number of nitrogens with zero attached hydrogens (tertiary/aromatic N) is 2. The number of nitrogen functional groups attached to an aromatic ring is 1. The van der Waals surface area contributed by atoms with Crippen molar-refractivity contribution in [2.75, 3.05) is 19.3 Å². The van der Waals surface area contributed by atoms with Crippen LogP contribution in [0.4, 0.5) is 5.69 Å². The van der Waals surface area contributed by atoms with Gasteiger partial charge in [-0.3, -0.25) is 0 Å². The molecule has 3 N–H and O–H groups in total. The molecule has 0 aromatic heterocycles. The van der Waals surface area contributed by atoms with Gasteiger partial charge in [-0.25, -0.2) is 0 Å². The van der Waals surface area contributed by atoms with Crippen molar-refractivity contribution < 1.29 is 5.10 Å². The van der Waals surface area contributed by atoms with Gasteiger partial charge in [-0.2, -0.15) is 10.3 Å². The number of nitriles is 1. The molecule has 0 spiro atoms. The van der Waals surface area contributed by atoms with Gasteiger partial charge in [0.2, 0.25) is 0 Å². The molecule has 0 saturated carbocycles. The minimum Gasteiger partial charge on any atom is -0.399 e. The third-order valence-corrected chi connectivity index (χ3v) is 3.21. The Bertz CT molecular complexity index is 588. The first-order valence-corrected chi connectivity index (χ1v) is 6.62. The Balaban J connectivity index is 1.91. The summed E-state index contributed by atoms with van der Waals surface area (Å²) in [6.07, 6.45) is 7.70. The zero-order valence-corrected chi connectivity index (χ0v) is 11.6. The van der Waals surface area contributed by atoms with Crippen molar-refractivity contribution in [3.8, 4) is 6.07 Å². The van der Waals surface area contributed by atoms with Gasteiger partial charge in [-0.1, -0.05) is 6.08 Å². The third kappa shape index (κ3) is 3.99. The van der Waals surface area contributed by atoms with Gasteiger partial charge in [-0.15, -0.1) is 5.10 Å². The third-order valence-electron chi connectivity index (χ3n) is 3.21. The quantitative estimate of drug-likeness (QED) is 0.481. The summed E-state index contributed by atoms with van der Waals surface area (Å²) < 4.78 is 0. The van der Waals surface area contributed by atoms with Crippen LogP contribution in [0.1, 0.15) is 18.4 Å². The van der Waals surface area contributed by atoms with Gasteiger partial charge in [-0.05, 0) is 48.8 Å². The molecule has 0 heterocycles. The van der Waals surface area contributed by atoms with Crippen LogP contribution >= 0.6 is 0 Å². The lowest BCUT2D eigenvalue weighted by Gasteiger charge is -2.13. The summed E-state index contributed by atoms with van der Waals surface area (Å²) in [5.74, 6) is 0. The maximum atomic E-state index is 8.80. The monoisotopic (exact) mass is 267 g/mol. The molecular weight excluding hydrogens is 248 g/mol. The van der Waals surface area contributed by atoms with Crippen LogP contribution in [0.5, 0.6) is 0 Å². The molecule has 0 atom stereocenters. The molecule has 0 radical (unpaired) electrons. The molecule has 4 heteroatoms. The van der Waals surface area contributed by atoms with Crippen LogP contribution in [-0.4, -0.2) is 24.8 Å². The highest BCUT2D eigenvalue weighted by atomic mass is 15.4. The first-order valence-electron chi connectivity index (χ1n) is 6.62. The van der Waals surface area contributed by atoms with Crippen LogP contribution in [0.2, 0.25) is 0 Å². The Morgan fingerprint density at radius 1 is 1.30 bits per heavy atom. The van der Waals surface area contributed by atoms with Crippen molar-refractivity contribution in [2.45, 2.75) is 12.8 Å². The molecule has 4 nitrogen and oxygen atoms in total. The van der Waals surface area contributed by atoms with E-state index in [1.165, 1.54) is 5.57 Å². The van der Waals surface area contributed by atoms with Crippen LogP contribution in [-0.2, 0) is 0 Å². The fraction of sp³-hybridized carbons (Fsp3) is 0.250. The van der Waals surface area contributed by atoms with Crippen molar-refractivity contribution in [1.29, 1.82) is 5.26 Å². The van der Waals surface area contributed by atoms with Crippen LogP contribution < -0.4 is 10.8 Å². The summed E-state index contributed by atoms with van der Waals surface area (Å²) in [5, 5.41) is 14.1. The molecular formula is C16H19N4+. The van der Waals surface area contributed by atoms with Gasteiger partial charge in [0.05, 0.1) is 19.7 Å². The minimum atomic E-state index is 0.767. The predicted molar refractivity (Wildman–Crippen MR) is 80.6 cm³/mol. The van der Waals surface area contributed by atoms with E-state index in [-0.39, 0.29) is 0 Å². The second-order valence-corrected chi connectivity index (χ2v) is 4.92. The highest BCUT2D eigenvalue weighted by Gasteiger charge is 2.09. The van der Waals surface area contributed by atoms with Gasteiger partial charge in [0.1, 0.15) is 0 Å². The molecule has 0 fully saturated rings. The molecule has 0 saturated heterocycles. The van der Waals surface area contributed by atoms with E-state index in [9.17, 15) is 0 Å². The van der Waals surface area contributed by atoms with Crippen molar-refractivity contribution in [3.63, 3.8) is 0 Å². The lowest BCUT2D eigenvalue weighted by molar-refractivity contribution is -0.632. The smallest absolute Gasteiger partial charge is 0.198 e. The highest BCUT2D eigenvalue weighted by molar-refractivity contribution is 5.75. The summed E-state index contributed by atoms with van der Waals surface area (Å²) in [7, 11) is 2.00. The Kier molecular flexibility index (Phi) is 4.56. The van der Waals surface area contributed by atoms with Gasteiger partial charge >= 0.3 is 0 Å². The van der Waals surface area contributed by atoms with E-state index >= 15 is 0 Å². The first-order chi connectivity index (χ1) is 9.67. The molecule has 1 aliphatic rings. The number of hydrogen-bond acceptors (Lipinski definition) is 3. The first kappa shape index (κ1) is 13.9. The number of hydrogen-bond donors (Lipinski definition) is 2. The van der Waals surface area contributed by atoms with Gasteiger partial charge in [0.15, 0.2) is 6.21 Å². The minimum absolute atomic E-state index is 0.767. The number of nitrogens with one attached hydrogen (secondary N) is 1. The molecule has 0 aliphatic heterocycles. The highest BCUT2D eigenvalue weighted by Crippen LogP contribution is 2.17. The van der Waals surface area contributed by atoms with Crippen LogP contribution in [0, 0.1) is 11.3 Å². The zero-order chi connectivity index (χ0) is 14.4. The standard InChI is InChI=1S/C16H18N4/c1-20(12-15-4-2-13(10-17)3-5-15)19-11-14-6-8-16(18)9-7-14/h2,4,6-9,11H,3,5,12,18H2,1H3/p+1. The molecule has 20 heavy (non-hydrogen) atoms. The number of anilines is 1. The number of allylic oxidation sites excluding steroid dienone is 3. The molecule has 1 aromatic rings. The van der Waals surface area contributed by atoms with Crippen molar-refractivity contribution in [1.82, 2.24) is 5.01 Å². The fourth-order valence-electron chi connectivity index (χ4n) is 2.03. The van der Waals surface area contributed by atoms with Crippen LogP contribution in [0.25, 0.3) is 0 Å². The second kappa shape index (κ2) is 6.58. The van der Waals surface area contributed by atoms with Crippen molar-refractivity contribution in [3.05, 3.63) is 53.1 Å². The van der Waals surface area contributed by atoms with E-state index < -0.39 is 0 Å². The number of hydrazine groups is 1. The number of benzene rings is 1. The number of hydrazone groups is 1. The van der Waals surface area contributed by atoms with E-state index in [1.807, 2.05) is 54.7 Å². The number of rotatable bonds is 4. The van der Waals surface area contributed by atoms with E-state index in [1.54, 1.807) is 0 Å². The zero-order valence-electron chi connectivity index (χ0n) is 11.6. The van der Waals surface area contributed by atoms with Gasteiger partial charge < -0.3 is 5.73 Å². The van der Waals surface area contributed by atoms with Crippen LogP contribution in [0.3, 0.4) is 0 Å². The second-order valence-electron chi connectivity index (χ2n) is 4.92.